The molecule has 3 rings (SSSR count). The zero-order valence-corrected chi connectivity index (χ0v) is 20.4. The molecule has 1 atom stereocenters. The molecule has 1 aliphatic heterocycles. The summed E-state index contributed by atoms with van der Waals surface area (Å²) in [5.41, 5.74) is -8.17. The normalized spacial score (nSPS) is 20.8. The lowest BCUT2D eigenvalue weighted by atomic mass is 9.95. The number of hydrogen-bond acceptors (Lipinski definition) is 9. The summed E-state index contributed by atoms with van der Waals surface area (Å²) in [5.74, 6) is -3.18. The van der Waals surface area contributed by atoms with Crippen molar-refractivity contribution < 1.29 is 53.8 Å². The number of rotatable bonds is 1. The lowest BCUT2D eigenvalue weighted by Crippen LogP contribution is -2.42. The molecular weight excluding hydrogens is 538 g/mol. The van der Waals surface area contributed by atoms with E-state index in [0.29, 0.717) is 0 Å². The molecule has 10 nitrogen and oxygen atoms in total. The van der Waals surface area contributed by atoms with Crippen LogP contribution in [0.4, 0.5) is 36.8 Å². The van der Waals surface area contributed by atoms with Crippen LogP contribution in [0.25, 0.3) is 11.6 Å². The Morgan fingerprint density at radius 1 is 1.11 bits per heavy atom. The molecule has 17 heteroatoms. The summed E-state index contributed by atoms with van der Waals surface area (Å²) in [6, 6.07) is 0.235. The number of nitrogens with zero attached hydrogens (tertiary/aromatic N) is 3. The lowest BCUT2D eigenvalue weighted by Gasteiger charge is -2.26. The first kappa shape index (κ1) is 28.6. The number of pyridine rings is 1. The van der Waals surface area contributed by atoms with Crippen molar-refractivity contribution in [3.63, 3.8) is 0 Å². The Kier molecular flexibility index (Phi) is 7.28. The zero-order chi connectivity index (χ0) is 28.0. The van der Waals surface area contributed by atoms with Crippen molar-refractivity contribution in [1.82, 2.24) is 15.2 Å². The van der Waals surface area contributed by atoms with Crippen LogP contribution < -0.4 is 5.32 Å². The van der Waals surface area contributed by atoms with E-state index < -0.39 is 85.4 Å². The summed E-state index contributed by atoms with van der Waals surface area (Å²) >= 11 is 0. The molecule has 0 fully saturated rings. The van der Waals surface area contributed by atoms with Gasteiger partial charge in [0.15, 0.2) is 20.6 Å². The van der Waals surface area contributed by atoms with E-state index in [2.05, 4.69) is 15.2 Å². The molecule has 2 aromatic rings. The van der Waals surface area contributed by atoms with Gasteiger partial charge in [0.25, 0.3) is 11.8 Å². The Balaban J connectivity index is 2.31. The highest BCUT2D eigenvalue weighted by Crippen LogP contribution is 2.44. The zero-order valence-electron chi connectivity index (χ0n) is 19.6. The van der Waals surface area contributed by atoms with Gasteiger partial charge in [-0.05, 0) is 46.1 Å². The van der Waals surface area contributed by atoms with Crippen LogP contribution in [0.15, 0.2) is 15.5 Å². The maximum absolute atomic E-state index is 13.9. The number of aromatic nitrogens is 3. The van der Waals surface area contributed by atoms with Crippen molar-refractivity contribution in [2.45, 2.75) is 75.0 Å². The van der Waals surface area contributed by atoms with Crippen molar-refractivity contribution in [2.24, 2.45) is 0 Å². The molecule has 206 valence electrons. The molecule has 3 heterocycles. The average molecular weight is 560 g/mol. The van der Waals surface area contributed by atoms with Crippen molar-refractivity contribution in [3.8, 4) is 11.6 Å². The first-order chi connectivity index (χ1) is 16.7. The number of nitrogens with one attached hydrogen (secondary N) is 1. The van der Waals surface area contributed by atoms with Gasteiger partial charge in [0.2, 0.25) is 5.60 Å². The number of ether oxygens (including phenoxy) is 1. The minimum atomic E-state index is -5.29. The lowest BCUT2D eigenvalue weighted by molar-refractivity contribution is -0.277. The molecule has 0 saturated heterocycles. The van der Waals surface area contributed by atoms with E-state index in [1.165, 1.54) is 20.8 Å². The van der Waals surface area contributed by atoms with Crippen LogP contribution in [-0.2, 0) is 26.4 Å². The number of carbonyl (C=O) groups is 1. The van der Waals surface area contributed by atoms with E-state index in [9.17, 15) is 44.7 Å². The van der Waals surface area contributed by atoms with Crippen LogP contribution in [0.3, 0.4) is 0 Å². The standard InChI is InChI=1S/C20H22F6N4O6S/c1-17(2,3)36-16(31)27-11-9-10(19(21,22)23)14-28-12(11)13-29-30-15(35-13)18(32,20(24,25)26)7-5-4-6-8-37(14,33)34/h9,32H,4-8H2,1-3H3,(H,27,31). The largest absolute Gasteiger partial charge is 0.444 e. The predicted molar refractivity (Wildman–Crippen MR) is 113 cm³/mol. The second kappa shape index (κ2) is 9.41. The fourth-order valence-electron chi connectivity index (χ4n) is 3.41. The SMILES string of the molecule is CC(C)(C)OC(=O)Nc1cc(C(F)(F)F)c2nc1-c1nnc(o1)C(O)(C(F)(F)F)CCCCCS2(=O)=O. The number of halogens is 6. The monoisotopic (exact) mass is 560 g/mol. The van der Waals surface area contributed by atoms with Crippen LogP contribution >= 0.6 is 0 Å². The highest BCUT2D eigenvalue weighted by molar-refractivity contribution is 7.91. The van der Waals surface area contributed by atoms with E-state index in [4.69, 9.17) is 9.15 Å². The second-order valence-corrected chi connectivity index (χ2v) is 11.3. The van der Waals surface area contributed by atoms with Gasteiger partial charge in [-0.2, -0.15) is 26.3 Å². The van der Waals surface area contributed by atoms with E-state index >= 15 is 0 Å². The van der Waals surface area contributed by atoms with Crippen molar-refractivity contribution in [3.05, 3.63) is 17.5 Å². The summed E-state index contributed by atoms with van der Waals surface area (Å²) in [5, 5.41) is 17.5. The number of fused-ring (bicyclic) bond motifs is 5. The van der Waals surface area contributed by atoms with E-state index in [1.54, 1.807) is 0 Å². The molecular formula is C20H22F6N4O6S. The average Bonchev–Trinajstić information content (AvgIpc) is 3.20. The molecule has 4 bridgehead atoms. The van der Waals surface area contributed by atoms with Gasteiger partial charge in [0, 0.05) is 0 Å². The fraction of sp³-hybridized carbons (Fsp3) is 0.600. The van der Waals surface area contributed by atoms with Crippen LogP contribution in [0.2, 0.25) is 0 Å². The number of hydrogen-bond donors (Lipinski definition) is 2. The maximum Gasteiger partial charge on any atom is 0.426 e. The van der Waals surface area contributed by atoms with Gasteiger partial charge in [-0.25, -0.2) is 18.2 Å². The van der Waals surface area contributed by atoms with E-state index in [1.807, 2.05) is 5.32 Å². The number of anilines is 1. The molecule has 2 aromatic heterocycles. The minimum absolute atomic E-state index is 0.189. The number of aliphatic hydroxyl groups is 1. The third-order valence-corrected chi connectivity index (χ3v) is 6.85. The molecule has 0 radical (unpaired) electrons. The van der Waals surface area contributed by atoms with Gasteiger partial charge < -0.3 is 14.3 Å². The summed E-state index contributed by atoms with van der Waals surface area (Å²) in [6.45, 7) is 4.35. The molecule has 1 aliphatic rings. The minimum Gasteiger partial charge on any atom is -0.444 e. The van der Waals surface area contributed by atoms with Gasteiger partial charge in [0.1, 0.15) is 5.60 Å². The molecule has 0 aliphatic carbocycles. The fourth-order valence-corrected chi connectivity index (χ4v) is 4.93. The summed E-state index contributed by atoms with van der Waals surface area (Å²) in [4.78, 5) is 15.8. The molecule has 0 saturated carbocycles. The molecule has 1 unspecified atom stereocenters. The second-order valence-electron chi connectivity index (χ2n) is 9.26. The predicted octanol–water partition coefficient (Wildman–Crippen LogP) is 4.60. The van der Waals surface area contributed by atoms with Crippen LogP contribution in [-0.4, -0.2) is 52.3 Å². The summed E-state index contributed by atoms with van der Waals surface area (Å²) in [6.07, 6.45) is -13.7. The van der Waals surface area contributed by atoms with Gasteiger partial charge in [-0.15, -0.1) is 10.2 Å². The molecule has 0 aromatic carbocycles. The van der Waals surface area contributed by atoms with E-state index in [-0.39, 0.29) is 25.3 Å². The van der Waals surface area contributed by atoms with Crippen molar-refractivity contribution >= 4 is 21.6 Å². The number of alkyl halides is 6. The number of carbonyl (C=O) groups excluding carboxylic acids is 1. The number of amides is 1. The molecule has 37 heavy (non-hydrogen) atoms. The summed E-state index contributed by atoms with van der Waals surface area (Å²) in [7, 11) is -4.73. The number of sulfone groups is 1. The Morgan fingerprint density at radius 2 is 1.76 bits per heavy atom. The van der Waals surface area contributed by atoms with Crippen LogP contribution in [0, 0.1) is 0 Å². The van der Waals surface area contributed by atoms with Crippen molar-refractivity contribution in [2.75, 3.05) is 11.1 Å². The third-order valence-electron chi connectivity index (χ3n) is 5.13. The first-order valence-corrected chi connectivity index (χ1v) is 12.4. The topological polar surface area (TPSA) is 145 Å². The smallest absolute Gasteiger partial charge is 0.426 e. The van der Waals surface area contributed by atoms with Gasteiger partial charge >= 0.3 is 18.4 Å². The molecule has 2 N–H and O–H groups in total. The quantitative estimate of drug-likeness (QED) is 0.478. The highest BCUT2D eigenvalue weighted by atomic mass is 32.2. The molecule has 0 spiro atoms. The Labute approximate surface area is 206 Å². The van der Waals surface area contributed by atoms with Crippen LogP contribution in [0.1, 0.15) is 57.9 Å². The van der Waals surface area contributed by atoms with Gasteiger partial charge in [-0.3, -0.25) is 5.32 Å². The van der Waals surface area contributed by atoms with Gasteiger partial charge in [-0.1, -0.05) is 6.42 Å². The third kappa shape index (κ3) is 6.14. The summed E-state index contributed by atoms with van der Waals surface area (Å²) < 4.78 is 119. The molecule has 1 amide bonds. The Bertz CT molecular complexity index is 1290. The Hall–Kier alpha value is -2.95. The first-order valence-electron chi connectivity index (χ1n) is 10.7. The van der Waals surface area contributed by atoms with E-state index in [0.717, 1.165) is 0 Å². The van der Waals surface area contributed by atoms with Crippen LogP contribution in [0.5, 0.6) is 0 Å². The highest BCUT2D eigenvalue weighted by Gasteiger charge is 2.58. The van der Waals surface area contributed by atoms with Gasteiger partial charge in [0.05, 0.1) is 17.0 Å². The van der Waals surface area contributed by atoms with Crippen molar-refractivity contribution in [1.29, 1.82) is 0 Å². The maximum atomic E-state index is 13.9. The Morgan fingerprint density at radius 3 is 2.32 bits per heavy atom.